The fraction of sp³-hybridized carbons (Fsp3) is 0.333. The summed E-state index contributed by atoms with van der Waals surface area (Å²) in [5.74, 6) is 0.677. The number of benzene rings is 2. The van der Waals surface area contributed by atoms with Gasteiger partial charge in [0.25, 0.3) is 0 Å². The van der Waals surface area contributed by atoms with E-state index in [1.807, 2.05) is 19.1 Å². The first-order valence-electron chi connectivity index (χ1n) is 9.00. The van der Waals surface area contributed by atoms with Gasteiger partial charge in [-0.1, -0.05) is 60.3 Å². The van der Waals surface area contributed by atoms with E-state index in [-0.39, 0.29) is 0 Å². The van der Waals surface area contributed by atoms with Gasteiger partial charge in [0.1, 0.15) is 0 Å². The molecule has 136 valence electrons. The number of hydrogen-bond acceptors (Lipinski definition) is 3. The standard InChI is InChI=1S/C21H23ClN2O2/c1-15(24-26-21(25)23-20-13-11-19(22)12-14-20)16-7-9-18(10-8-16)17-5-3-2-4-6-17/h7-14,17H,2-6H2,1H3,(H,23,25). The summed E-state index contributed by atoms with van der Waals surface area (Å²) in [6, 6.07) is 15.2. The molecule has 3 rings (SSSR count). The predicted molar refractivity (Wildman–Crippen MR) is 106 cm³/mol. The van der Waals surface area contributed by atoms with Crippen molar-refractivity contribution < 1.29 is 9.63 Å². The van der Waals surface area contributed by atoms with Crippen molar-refractivity contribution in [1.29, 1.82) is 0 Å². The van der Waals surface area contributed by atoms with Crippen LogP contribution in [0.3, 0.4) is 0 Å². The Morgan fingerprint density at radius 3 is 2.35 bits per heavy atom. The lowest BCUT2D eigenvalue weighted by atomic mass is 9.84. The second-order valence-corrected chi connectivity index (χ2v) is 7.08. The fourth-order valence-corrected chi connectivity index (χ4v) is 3.39. The molecule has 1 amide bonds. The molecule has 0 heterocycles. The van der Waals surface area contributed by atoms with Crippen LogP contribution in [0.15, 0.2) is 53.7 Å². The summed E-state index contributed by atoms with van der Waals surface area (Å²) in [4.78, 5) is 16.8. The quantitative estimate of drug-likeness (QED) is 0.386. The number of oxime groups is 1. The van der Waals surface area contributed by atoms with Crippen LogP contribution in [0, 0.1) is 0 Å². The SMILES string of the molecule is CC(=NOC(=O)Nc1ccc(Cl)cc1)c1ccc(C2CCCCC2)cc1. The minimum atomic E-state index is -0.634. The van der Waals surface area contributed by atoms with Gasteiger partial charge in [-0.2, -0.15) is 0 Å². The first kappa shape index (κ1) is 18.5. The molecule has 0 atom stereocenters. The summed E-state index contributed by atoms with van der Waals surface area (Å²) in [6.07, 6.45) is 5.93. The van der Waals surface area contributed by atoms with E-state index in [1.54, 1.807) is 24.3 Å². The number of rotatable bonds is 4. The zero-order valence-electron chi connectivity index (χ0n) is 14.9. The van der Waals surface area contributed by atoms with E-state index in [0.717, 1.165) is 5.56 Å². The molecule has 0 spiro atoms. The highest BCUT2D eigenvalue weighted by Gasteiger charge is 2.15. The lowest BCUT2D eigenvalue weighted by molar-refractivity contribution is 0.166. The maximum absolute atomic E-state index is 11.8. The molecule has 1 aliphatic rings. The highest BCUT2D eigenvalue weighted by molar-refractivity contribution is 6.30. The molecule has 1 fully saturated rings. The minimum Gasteiger partial charge on any atom is -0.298 e. The zero-order chi connectivity index (χ0) is 18.4. The maximum atomic E-state index is 11.8. The van der Waals surface area contributed by atoms with Crippen LogP contribution < -0.4 is 5.32 Å². The Bertz CT molecular complexity index is 764. The van der Waals surface area contributed by atoms with Crippen LogP contribution in [0.5, 0.6) is 0 Å². The number of halogens is 1. The number of anilines is 1. The topological polar surface area (TPSA) is 50.7 Å². The van der Waals surface area contributed by atoms with E-state index in [9.17, 15) is 4.79 Å². The smallest absolute Gasteiger partial charge is 0.298 e. The first-order valence-corrected chi connectivity index (χ1v) is 9.38. The number of hydrogen-bond donors (Lipinski definition) is 1. The average Bonchev–Trinajstić information content (AvgIpc) is 2.69. The molecule has 5 heteroatoms. The Balaban J connectivity index is 1.56. The Morgan fingerprint density at radius 1 is 1.04 bits per heavy atom. The summed E-state index contributed by atoms with van der Waals surface area (Å²) in [7, 11) is 0. The van der Waals surface area contributed by atoms with Crippen molar-refractivity contribution in [3.8, 4) is 0 Å². The predicted octanol–water partition coefficient (Wildman–Crippen LogP) is 6.36. The van der Waals surface area contributed by atoms with Crippen LogP contribution in [0.2, 0.25) is 5.02 Å². The van der Waals surface area contributed by atoms with Crippen molar-refractivity contribution in [2.75, 3.05) is 5.32 Å². The second kappa shape index (κ2) is 8.86. The van der Waals surface area contributed by atoms with Crippen LogP contribution >= 0.6 is 11.6 Å². The molecule has 1 saturated carbocycles. The third-order valence-electron chi connectivity index (χ3n) is 4.76. The monoisotopic (exact) mass is 370 g/mol. The van der Waals surface area contributed by atoms with E-state index in [4.69, 9.17) is 16.4 Å². The van der Waals surface area contributed by atoms with E-state index < -0.39 is 6.09 Å². The van der Waals surface area contributed by atoms with Crippen LogP contribution in [0.25, 0.3) is 0 Å². The van der Waals surface area contributed by atoms with Crippen LogP contribution in [0.4, 0.5) is 10.5 Å². The van der Waals surface area contributed by atoms with Gasteiger partial charge in [0.2, 0.25) is 0 Å². The van der Waals surface area contributed by atoms with Crippen LogP contribution in [0.1, 0.15) is 56.1 Å². The Labute approximate surface area is 159 Å². The number of nitrogens with one attached hydrogen (secondary N) is 1. The molecule has 0 aliphatic heterocycles. The lowest BCUT2D eigenvalue weighted by Gasteiger charge is -2.22. The molecule has 0 saturated heterocycles. The van der Waals surface area contributed by atoms with Crippen LogP contribution in [-0.2, 0) is 4.84 Å². The van der Waals surface area contributed by atoms with Gasteiger partial charge in [0.15, 0.2) is 0 Å². The van der Waals surface area contributed by atoms with Crippen LogP contribution in [-0.4, -0.2) is 11.8 Å². The molecule has 1 aliphatic carbocycles. The van der Waals surface area contributed by atoms with Gasteiger partial charge < -0.3 is 0 Å². The lowest BCUT2D eigenvalue weighted by Crippen LogP contribution is -2.12. The Morgan fingerprint density at radius 2 is 1.69 bits per heavy atom. The van der Waals surface area contributed by atoms with Gasteiger partial charge in [0.05, 0.1) is 5.71 Å². The van der Waals surface area contributed by atoms with Gasteiger partial charge in [-0.05, 0) is 61.1 Å². The highest BCUT2D eigenvalue weighted by atomic mass is 35.5. The normalized spacial score (nSPS) is 15.5. The van der Waals surface area contributed by atoms with Gasteiger partial charge in [-0.15, -0.1) is 0 Å². The number of nitrogens with zero attached hydrogens (tertiary/aromatic N) is 1. The summed E-state index contributed by atoms with van der Waals surface area (Å²) in [6.45, 7) is 1.82. The van der Waals surface area contributed by atoms with E-state index in [0.29, 0.717) is 22.3 Å². The summed E-state index contributed by atoms with van der Waals surface area (Å²) >= 11 is 5.81. The van der Waals surface area contributed by atoms with Gasteiger partial charge in [-0.3, -0.25) is 10.2 Å². The van der Waals surface area contributed by atoms with Crippen molar-refractivity contribution in [2.24, 2.45) is 5.16 Å². The molecule has 0 bridgehead atoms. The average molecular weight is 371 g/mol. The summed E-state index contributed by atoms with van der Waals surface area (Å²) in [5.41, 5.74) is 3.60. The van der Waals surface area contributed by atoms with Gasteiger partial charge >= 0.3 is 6.09 Å². The number of carbonyl (C=O) groups excluding carboxylic acids is 1. The van der Waals surface area contributed by atoms with E-state index >= 15 is 0 Å². The third-order valence-corrected chi connectivity index (χ3v) is 5.01. The molecular formula is C21H23ClN2O2. The Kier molecular flexibility index (Phi) is 6.29. The van der Waals surface area contributed by atoms with Gasteiger partial charge in [0, 0.05) is 10.7 Å². The largest absolute Gasteiger partial charge is 0.437 e. The minimum absolute atomic E-state index is 0.601. The van der Waals surface area contributed by atoms with Crippen molar-refractivity contribution in [3.63, 3.8) is 0 Å². The fourth-order valence-electron chi connectivity index (χ4n) is 3.27. The molecule has 4 nitrogen and oxygen atoms in total. The molecule has 0 radical (unpaired) electrons. The molecule has 2 aromatic rings. The summed E-state index contributed by atoms with van der Waals surface area (Å²) in [5, 5.41) is 7.14. The molecule has 0 aromatic heterocycles. The molecule has 0 unspecified atom stereocenters. The van der Waals surface area contributed by atoms with Crippen molar-refractivity contribution in [1.82, 2.24) is 0 Å². The molecule has 1 N–H and O–H groups in total. The van der Waals surface area contributed by atoms with Gasteiger partial charge in [-0.25, -0.2) is 4.79 Å². The third kappa shape index (κ3) is 5.09. The second-order valence-electron chi connectivity index (χ2n) is 6.64. The summed E-state index contributed by atoms with van der Waals surface area (Å²) < 4.78 is 0. The van der Waals surface area contributed by atoms with E-state index in [1.165, 1.54) is 37.7 Å². The first-order chi connectivity index (χ1) is 12.6. The number of amides is 1. The maximum Gasteiger partial charge on any atom is 0.437 e. The molecular weight excluding hydrogens is 348 g/mol. The van der Waals surface area contributed by atoms with Crippen molar-refractivity contribution in [2.45, 2.75) is 44.9 Å². The Hall–Kier alpha value is -2.33. The molecule has 2 aromatic carbocycles. The van der Waals surface area contributed by atoms with Crippen molar-refractivity contribution in [3.05, 3.63) is 64.7 Å². The van der Waals surface area contributed by atoms with E-state index in [2.05, 4.69) is 22.6 Å². The zero-order valence-corrected chi connectivity index (χ0v) is 15.6. The molecule has 26 heavy (non-hydrogen) atoms. The van der Waals surface area contributed by atoms with Crippen molar-refractivity contribution >= 4 is 29.1 Å². The number of carbonyl (C=O) groups is 1. The highest BCUT2D eigenvalue weighted by Crippen LogP contribution is 2.32.